The molecule has 0 amide bonds. The minimum atomic E-state index is -4.94. The molecule has 0 radical (unpaired) electrons. The van der Waals surface area contributed by atoms with Crippen LogP contribution in [0.4, 0.5) is 19.1 Å². The highest BCUT2D eigenvalue weighted by Crippen LogP contribution is 2.39. The van der Waals surface area contributed by atoms with Crippen molar-refractivity contribution in [1.82, 2.24) is 24.7 Å². The lowest BCUT2D eigenvalue weighted by Gasteiger charge is -2.23. The summed E-state index contributed by atoms with van der Waals surface area (Å²) in [6.07, 6.45) is -2.92. The van der Waals surface area contributed by atoms with E-state index in [1.807, 2.05) is 0 Å². The molecule has 0 aliphatic rings. The van der Waals surface area contributed by atoms with Gasteiger partial charge >= 0.3 is 6.36 Å². The number of rotatable bonds is 11. The number of anilines is 1. The Labute approximate surface area is 239 Å². The summed E-state index contributed by atoms with van der Waals surface area (Å²) in [7, 11) is -0.186. The summed E-state index contributed by atoms with van der Waals surface area (Å²) in [6.45, 7) is 3.19. The highest BCUT2D eigenvalue weighted by atomic mass is 32.2. The SMILES string of the molecule is COc1cccc(OC)c1-n1c(NS(=O)(=O)C(C)C(OC)c2ncc(C)cn2)nnc1-c1cccc(OC(F)(F)F)c1. The van der Waals surface area contributed by atoms with Crippen LogP contribution in [0.25, 0.3) is 17.1 Å². The summed E-state index contributed by atoms with van der Waals surface area (Å²) in [4.78, 5) is 8.38. The molecule has 0 fully saturated rings. The summed E-state index contributed by atoms with van der Waals surface area (Å²) in [5.74, 6) is -0.249. The third kappa shape index (κ3) is 6.54. The minimum absolute atomic E-state index is 0.0408. The van der Waals surface area contributed by atoms with E-state index < -0.39 is 33.5 Å². The molecule has 2 unspecified atom stereocenters. The topological polar surface area (TPSA) is 140 Å². The molecule has 0 saturated carbocycles. The van der Waals surface area contributed by atoms with Crippen LogP contribution in [-0.4, -0.2) is 66.1 Å². The van der Waals surface area contributed by atoms with E-state index in [1.165, 1.54) is 57.3 Å². The van der Waals surface area contributed by atoms with Crippen molar-refractivity contribution in [2.45, 2.75) is 31.6 Å². The number of halogens is 3. The first kappa shape index (κ1) is 30.5. The van der Waals surface area contributed by atoms with Gasteiger partial charge < -0.3 is 18.9 Å². The normalized spacial score (nSPS) is 13.3. The van der Waals surface area contributed by atoms with E-state index in [2.05, 4.69) is 29.6 Å². The number of aromatic nitrogens is 5. The molecule has 0 aliphatic carbocycles. The second kappa shape index (κ2) is 12.2. The van der Waals surface area contributed by atoms with E-state index in [0.29, 0.717) is 0 Å². The number of nitrogens with zero attached hydrogens (tertiary/aromatic N) is 5. The zero-order valence-corrected chi connectivity index (χ0v) is 23.9. The number of alkyl halides is 3. The quantitative estimate of drug-likeness (QED) is 0.259. The number of methoxy groups -OCH3 is 3. The molecular weight excluding hydrogens is 581 g/mol. The van der Waals surface area contributed by atoms with Gasteiger partial charge in [-0.3, -0.25) is 9.29 Å². The third-order valence-electron chi connectivity index (χ3n) is 6.07. The Bertz CT molecular complexity index is 1620. The molecule has 4 rings (SSSR count). The Morgan fingerprint density at radius 2 is 1.57 bits per heavy atom. The maximum absolute atomic E-state index is 13.7. The van der Waals surface area contributed by atoms with Gasteiger partial charge in [0.2, 0.25) is 16.0 Å². The number of hydrogen-bond acceptors (Lipinski definition) is 10. The molecule has 2 heterocycles. The van der Waals surface area contributed by atoms with E-state index >= 15 is 0 Å². The second-order valence-electron chi connectivity index (χ2n) is 8.90. The van der Waals surface area contributed by atoms with Crippen LogP contribution in [0.15, 0.2) is 54.9 Å². The van der Waals surface area contributed by atoms with Crippen molar-refractivity contribution < 1.29 is 40.5 Å². The van der Waals surface area contributed by atoms with Crippen molar-refractivity contribution in [2.24, 2.45) is 0 Å². The summed E-state index contributed by atoms with van der Waals surface area (Å²) in [5, 5.41) is 6.91. The number of sulfonamides is 1. The lowest BCUT2D eigenvalue weighted by Crippen LogP contribution is -2.33. The molecule has 0 bridgehead atoms. The monoisotopic (exact) mass is 608 g/mol. The number of nitrogens with one attached hydrogen (secondary N) is 1. The van der Waals surface area contributed by atoms with Crippen LogP contribution in [0.5, 0.6) is 17.2 Å². The maximum atomic E-state index is 13.7. The average molecular weight is 609 g/mol. The number of ether oxygens (including phenoxy) is 4. The van der Waals surface area contributed by atoms with Crippen LogP contribution >= 0.6 is 0 Å². The van der Waals surface area contributed by atoms with Crippen molar-refractivity contribution in [2.75, 3.05) is 26.1 Å². The smallest absolute Gasteiger partial charge is 0.494 e. The second-order valence-corrected chi connectivity index (χ2v) is 10.9. The van der Waals surface area contributed by atoms with Gasteiger partial charge in [-0.2, -0.15) is 0 Å². The van der Waals surface area contributed by atoms with E-state index in [-0.39, 0.29) is 40.3 Å². The van der Waals surface area contributed by atoms with E-state index in [0.717, 1.165) is 17.7 Å². The molecule has 0 aliphatic heterocycles. The van der Waals surface area contributed by atoms with E-state index in [4.69, 9.17) is 14.2 Å². The summed E-state index contributed by atoms with van der Waals surface area (Å²) in [6, 6.07) is 9.80. The average Bonchev–Trinajstić information content (AvgIpc) is 3.35. The summed E-state index contributed by atoms with van der Waals surface area (Å²) in [5.41, 5.74) is 1.08. The highest BCUT2D eigenvalue weighted by Gasteiger charge is 2.35. The van der Waals surface area contributed by atoms with Crippen molar-refractivity contribution in [1.29, 1.82) is 0 Å². The molecule has 224 valence electrons. The van der Waals surface area contributed by atoms with Gasteiger partial charge in [0, 0.05) is 25.1 Å². The van der Waals surface area contributed by atoms with E-state index in [9.17, 15) is 21.6 Å². The molecule has 0 spiro atoms. The first-order valence-electron chi connectivity index (χ1n) is 12.2. The fourth-order valence-corrected chi connectivity index (χ4v) is 5.20. The number of para-hydroxylation sites is 1. The predicted octanol–water partition coefficient (Wildman–Crippen LogP) is 4.47. The van der Waals surface area contributed by atoms with Crippen LogP contribution in [0, 0.1) is 6.92 Å². The zero-order valence-electron chi connectivity index (χ0n) is 23.1. The lowest BCUT2D eigenvalue weighted by molar-refractivity contribution is -0.274. The Balaban J connectivity index is 1.85. The molecule has 2 aromatic heterocycles. The van der Waals surface area contributed by atoms with Crippen molar-refractivity contribution in [3.63, 3.8) is 0 Å². The third-order valence-corrected chi connectivity index (χ3v) is 7.77. The van der Waals surface area contributed by atoms with Gasteiger partial charge in [0.1, 0.15) is 34.3 Å². The Morgan fingerprint density at radius 3 is 2.14 bits per heavy atom. The number of benzene rings is 2. The number of hydrogen-bond donors (Lipinski definition) is 1. The van der Waals surface area contributed by atoms with Crippen molar-refractivity contribution in [3.8, 4) is 34.3 Å². The first-order valence-corrected chi connectivity index (χ1v) is 13.8. The van der Waals surface area contributed by atoms with Gasteiger partial charge in [0.15, 0.2) is 11.6 Å². The van der Waals surface area contributed by atoms with Gasteiger partial charge in [0.25, 0.3) is 0 Å². The molecule has 2 aromatic carbocycles. The molecule has 42 heavy (non-hydrogen) atoms. The first-order chi connectivity index (χ1) is 19.9. The minimum Gasteiger partial charge on any atom is -0.494 e. The Morgan fingerprint density at radius 1 is 0.952 bits per heavy atom. The van der Waals surface area contributed by atoms with Gasteiger partial charge in [-0.1, -0.05) is 18.2 Å². The van der Waals surface area contributed by atoms with E-state index in [1.54, 1.807) is 25.1 Å². The number of aryl methyl sites for hydroxylation is 1. The largest absolute Gasteiger partial charge is 0.573 e. The van der Waals surface area contributed by atoms with Crippen LogP contribution in [0.1, 0.15) is 24.4 Å². The Kier molecular flexibility index (Phi) is 8.86. The van der Waals surface area contributed by atoms with Gasteiger partial charge in [-0.15, -0.1) is 23.4 Å². The van der Waals surface area contributed by atoms with Crippen LogP contribution in [-0.2, 0) is 14.8 Å². The molecule has 1 N–H and O–H groups in total. The molecule has 12 nitrogen and oxygen atoms in total. The van der Waals surface area contributed by atoms with Crippen LogP contribution in [0.2, 0.25) is 0 Å². The fourth-order valence-electron chi connectivity index (χ4n) is 4.07. The fraction of sp³-hybridized carbons (Fsp3) is 0.308. The summed E-state index contributed by atoms with van der Waals surface area (Å²) >= 11 is 0. The molecule has 16 heteroatoms. The predicted molar refractivity (Wildman–Crippen MR) is 145 cm³/mol. The van der Waals surface area contributed by atoms with Gasteiger partial charge in [0.05, 0.1) is 14.2 Å². The van der Waals surface area contributed by atoms with Crippen molar-refractivity contribution >= 4 is 16.0 Å². The molecule has 2 atom stereocenters. The lowest BCUT2D eigenvalue weighted by atomic mass is 10.2. The maximum Gasteiger partial charge on any atom is 0.573 e. The highest BCUT2D eigenvalue weighted by molar-refractivity contribution is 7.93. The zero-order chi connectivity index (χ0) is 30.7. The molecule has 0 saturated heterocycles. The van der Waals surface area contributed by atoms with Crippen LogP contribution in [0.3, 0.4) is 0 Å². The van der Waals surface area contributed by atoms with Crippen molar-refractivity contribution in [3.05, 3.63) is 66.2 Å². The Hall–Kier alpha value is -4.44. The molecule has 4 aromatic rings. The van der Waals surface area contributed by atoms with Crippen LogP contribution < -0.4 is 18.9 Å². The standard InChI is InChI=1S/C26H27F3N6O6S/c1-15-13-30-23(31-14-15)22(40-5)16(2)42(36,37)34-25-33-32-24(17-8-6-9-18(12-17)41-26(27,28)29)35(25)21-19(38-3)10-7-11-20(21)39-4/h6-14,16,22H,1-5H3,(H,33,34). The summed E-state index contributed by atoms with van der Waals surface area (Å²) < 4.78 is 90.3. The molecular formula is C26H27F3N6O6S. The van der Waals surface area contributed by atoms with Gasteiger partial charge in [-0.05, 0) is 43.7 Å². The van der Waals surface area contributed by atoms with Gasteiger partial charge in [-0.25, -0.2) is 18.4 Å².